The molecule has 0 bridgehead atoms. The maximum atomic E-state index is 5.54. The van der Waals surface area contributed by atoms with Crippen LogP contribution in [0.3, 0.4) is 0 Å². The monoisotopic (exact) mass is 326 g/mol. The van der Waals surface area contributed by atoms with Gasteiger partial charge in [0.05, 0.1) is 0 Å². The van der Waals surface area contributed by atoms with Crippen molar-refractivity contribution in [2.75, 3.05) is 5.32 Å². The van der Waals surface area contributed by atoms with Crippen LogP contribution in [0.15, 0.2) is 40.2 Å². The smallest absolute Gasteiger partial charge is 0.103 e. The lowest BCUT2D eigenvalue weighted by atomic mass is 10.2. The molecule has 5 heteroatoms. The second kappa shape index (κ2) is 5.62. The highest BCUT2D eigenvalue weighted by Gasteiger charge is 1.99. The Morgan fingerprint density at radius 3 is 2.59 bits per heavy atom. The number of thiocarbonyl (C=S) groups is 1. The molecule has 2 aromatic rings. The Morgan fingerprint density at radius 1 is 1.35 bits per heavy atom. The summed E-state index contributed by atoms with van der Waals surface area (Å²) in [6.45, 7) is 0.822. The van der Waals surface area contributed by atoms with E-state index in [9.17, 15) is 0 Å². The average molecular weight is 327 g/mol. The molecule has 0 radical (unpaired) electrons. The first-order valence-corrected chi connectivity index (χ1v) is 7.10. The van der Waals surface area contributed by atoms with Crippen LogP contribution in [-0.2, 0) is 6.54 Å². The van der Waals surface area contributed by atoms with Crippen molar-refractivity contribution in [3.05, 3.63) is 50.6 Å². The molecule has 0 amide bonds. The van der Waals surface area contributed by atoms with E-state index >= 15 is 0 Å². The lowest BCUT2D eigenvalue weighted by Gasteiger charge is -2.05. The molecule has 1 aromatic carbocycles. The van der Waals surface area contributed by atoms with Crippen molar-refractivity contribution in [2.24, 2.45) is 5.73 Å². The fourth-order valence-electron chi connectivity index (χ4n) is 1.39. The van der Waals surface area contributed by atoms with E-state index in [0.29, 0.717) is 4.99 Å². The van der Waals surface area contributed by atoms with Gasteiger partial charge in [0.1, 0.15) is 4.99 Å². The Balaban J connectivity index is 1.97. The van der Waals surface area contributed by atoms with Gasteiger partial charge in [-0.1, -0.05) is 12.2 Å². The maximum absolute atomic E-state index is 5.54. The van der Waals surface area contributed by atoms with Crippen LogP contribution in [0, 0.1) is 0 Å². The van der Waals surface area contributed by atoms with Gasteiger partial charge in [-0.3, -0.25) is 0 Å². The first-order valence-electron chi connectivity index (χ1n) is 5.02. The molecule has 0 saturated carbocycles. The SMILES string of the molecule is NC(=S)c1ccc(NCc2cc(Br)cs2)cc1. The van der Waals surface area contributed by atoms with Gasteiger partial charge >= 0.3 is 0 Å². The number of hydrogen-bond donors (Lipinski definition) is 2. The zero-order valence-electron chi connectivity index (χ0n) is 8.94. The van der Waals surface area contributed by atoms with Gasteiger partial charge < -0.3 is 11.1 Å². The van der Waals surface area contributed by atoms with E-state index in [2.05, 4.69) is 32.7 Å². The van der Waals surface area contributed by atoms with Gasteiger partial charge in [0, 0.05) is 32.5 Å². The third-order valence-corrected chi connectivity index (χ3v) is 4.19. The van der Waals surface area contributed by atoms with Crippen LogP contribution in [0.2, 0.25) is 0 Å². The van der Waals surface area contributed by atoms with Crippen molar-refractivity contribution in [3.8, 4) is 0 Å². The molecule has 17 heavy (non-hydrogen) atoms. The Labute approximate surface area is 118 Å². The minimum atomic E-state index is 0.429. The molecule has 88 valence electrons. The Kier molecular flexibility index (Phi) is 4.15. The van der Waals surface area contributed by atoms with Crippen LogP contribution in [-0.4, -0.2) is 4.99 Å². The van der Waals surface area contributed by atoms with Gasteiger partial charge in [-0.25, -0.2) is 0 Å². The molecule has 0 unspecified atom stereocenters. The molecule has 3 N–H and O–H groups in total. The summed E-state index contributed by atoms with van der Waals surface area (Å²) >= 11 is 10.1. The molecule has 0 aliphatic rings. The number of thiophene rings is 1. The standard InChI is InChI=1S/C12H11BrN2S2/c13-9-5-11(17-7-9)6-15-10-3-1-8(2-4-10)12(14)16/h1-5,7,15H,6H2,(H2,14,16). The lowest BCUT2D eigenvalue weighted by molar-refractivity contribution is 1.19. The van der Waals surface area contributed by atoms with Crippen molar-refractivity contribution in [1.29, 1.82) is 0 Å². The quantitative estimate of drug-likeness (QED) is 0.840. The molecule has 0 aliphatic carbocycles. The second-order valence-corrected chi connectivity index (χ2v) is 5.88. The van der Waals surface area contributed by atoms with Gasteiger partial charge in [0.15, 0.2) is 0 Å². The largest absolute Gasteiger partial charge is 0.389 e. The van der Waals surface area contributed by atoms with Crippen molar-refractivity contribution in [2.45, 2.75) is 6.54 Å². The maximum Gasteiger partial charge on any atom is 0.103 e. The number of anilines is 1. The van der Waals surface area contributed by atoms with E-state index in [1.165, 1.54) is 4.88 Å². The van der Waals surface area contributed by atoms with Gasteiger partial charge in [0.25, 0.3) is 0 Å². The molecule has 2 rings (SSSR count). The van der Waals surface area contributed by atoms with E-state index in [1.807, 2.05) is 24.3 Å². The molecule has 2 nitrogen and oxygen atoms in total. The van der Waals surface area contributed by atoms with Gasteiger partial charge in [-0.2, -0.15) is 0 Å². The number of hydrogen-bond acceptors (Lipinski definition) is 3. The summed E-state index contributed by atoms with van der Waals surface area (Å²) in [5.41, 5.74) is 7.50. The third-order valence-electron chi connectivity index (χ3n) is 2.26. The number of halogens is 1. The first kappa shape index (κ1) is 12.5. The van der Waals surface area contributed by atoms with Gasteiger partial charge in [-0.15, -0.1) is 11.3 Å². The lowest BCUT2D eigenvalue weighted by Crippen LogP contribution is -2.09. The molecule has 0 saturated heterocycles. The Hall–Kier alpha value is -0.910. The molecular weight excluding hydrogens is 316 g/mol. The third kappa shape index (κ3) is 3.52. The summed E-state index contributed by atoms with van der Waals surface area (Å²) < 4.78 is 1.13. The van der Waals surface area contributed by atoms with Gasteiger partial charge in [0.2, 0.25) is 0 Å². The highest BCUT2D eigenvalue weighted by molar-refractivity contribution is 9.10. The zero-order valence-corrected chi connectivity index (χ0v) is 12.2. The van der Waals surface area contributed by atoms with E-state index in [0.717, 1.165) is 22.3 Å². The molecule has 0 aliphatic heterocycles. The minimum absolute atomic E-state index is 0.429. The number of nitrogens with one attached hydrogen (secondary N) is 1. The number of benzene rings is 1. The van der Waals surface area contributed by atoms with Crippen molar-refractivity contribution in [1.82, 2.24) is 0 Å². The summed E-state index contributed by atoms with van der Waals surface area (Å²) in [7, 11) is 0. The van der Waals surface area contributed by atoms with Crippen LogP contribution in [0.4, 0.5) is 5.69 Å². The molecule has 1 aromatic heterocycles. The van der Waals surface area contributed by atoms with E-state index < -0.39 is 0 Å². The Morgan fingerprint density at radius 2 is 2.06 bits per heavy atom. The van der Waals surface area contributed by atoms with Crippen LogP contribution in [0.25, 0.3) is 0 Å². The molecule has 0 atom stereocenters. The van der Waals surface area contributed by atoms with Crippen LogP contribution in [0.5, 0.6) is 0 Å². The van der Waals surface area contributed by atoms with Crippen LogP contribution < -0.4 is 11.1 Å². The Bertz CT molecular complexity index is 520. The van der Waals surface area contributed by atoms with Crippen molar-refractivity contribution in [3.63, 3.8) is 0 Å². The fraction of sp³-hybridized carbons (Fsp3) is 0.0833. The molecule has 0 fully saturated rings. The highest BCUT2D eigenvalue weighted by atomic mass is 79.9. The van der Waals surface area contributed by atoms with Gasteiger partial charge in [-0.05, 0) is 46.3 Å². The summed E-state index contributed by atoms with van der Waals surface area (Å²) in [6.07, 6.45) is 0. The van der Waals surface area contributed by atoms with Crippen molar-refractivity contribution >= 4 is 50.2 Å². The van der Waals surface area contributed by atoms with Crippen molar-refractivity contribution < 1.29 is 0 Å². The normalized spacial score (nSPS) is 10.2. The zero-order chi connectivity index (χ0) is 12.3. The topological polar surface area (TPSA) is 38.0 Å². The van der Waals surface area contributed by atoms with E-state index in [4.69, 9.17) is 18.0 Å². The summed E-state index contributed by atoms with van der Waals surface area (Å²) in [4.78, 5) is 1.72. The van der Waals surface area contributed by atoms with Crippen LogP contribution in [0.1, 0.15) is 10.4 Å². The second-order valence-electron chi connectivity index (χ2n) is 3.53. The highest BCUT2D eigenvalue weighted by Crippen LogP contribution is 2.21. The summed E-state index contributed by atoms with van der Waals surface area (Å²) in [5, 5.41) is 5.42. The van der Waals surface area contributed by atoms with E-state index in [-0.39, 0.29) is 0 Å². The predicted octanol–water partition coefficient (Wildman–Crippen LogP) is 3.76. The number of nitrogens with two attached hydrogens (primary N) is 1. The molecule has 0 spiro atoms. The molecule has 1 heterocycles. The predicted molar refractivity (Wildman–Crippen MR) is 81.7 cm³/mol. The number of rotatable bonds is 4. The minimum Gasteiger partial charge on any atom is -0.389 e. The van der Waals surface area contributed by atoms with E-state index in [1.54, 1.807) is 11.3 Å². The van der Waals surface area contributed by atoms with Crippen LogP contribution >= 0.6 is 39.5 Å². The first-order chi connectivity index (χ1) is 8.15. The summed E-state index contributed by atoms with van der Waals surface area (Å²) in [6, 6.07) is 9.93. The average Bonchev–Trinajstić information content (AvgIpc) is 2.73. The molecular formula is C12H11BrN2S2. The fourth-order valence-corrected chi connectivity index (χ4v) is 2.91. The summed E-state index contributed by atoms with van der Waals surface area (Å²) in [5.74, 6) is 0.